The molecule has 0 spiro atoms. The minimum atomic E-state index is 0.0513. The summed E-state index contributed by atoms with van der Waals surface area (Å²) in [7, 11) is 0. The zero-order chi connectivity index (χ0) is 9.54. The van der Waals surface area contributed by atoms with Crippen LogP contribution in [0.5, 0.6) is 0 Å². The topological polar surface area (TPSA) is 41.1 Å². The number of amides is 1. The van der Waals surface area contributed by atoms with E-state index in [1.165, 1.54) is 24.0 Å². The highest BCUT2D eigenvalue weighted by molar-refractivity contribution is 6.00. The Balaban J connectivity index is 2.10. The van der Waals surface area contributed by atoms with E-state index >= 15 is 0 Å². The zero-order valence-corrected chi connectivity index (χ0v) is 7.89. The van der Waals surface area contributed by atoms with Crippen LogP contribution in [0, 0.1) is 0 Å². The molecule has 2 aliphatic rings. The summed E-state index contributed by atoms with van der Waals surface area (Å²) < 4.78 is 0. The van der Waals surface area contributed by atoms with Crippen molar-refractivity contribution in [2.45, 2.75) is 19.3 Å². The molecule has 3 heteroatoms. The van der Waals surface area contributed by atoms with Gasteiger partial charge >= 0.3 is 0 Å². The van der Waals surface area contributed by atoms with Crippen molar-refractivity contribution in [2.24, 2.45) is 0 Å². The highest BCUT2D eigenvalue weighted by Crippen LogP contribution is 2.32. The van der Waals surface area contributed by atoms with Gasteiger partial charge in [0.2, 0.25) is 5.91 Å². The number of benzene rings is 1. The molecule has 72 valence electrons. The van der Waals surface area contributed by atoms with E-state index in [0.717, 1.165) is 17.8 Å². The van der Waals surface area contributed by atoms with Gasteiger partial charge in [0.1, 0.15) is 0 Å². The lowest BCUT2D eigenvalue weighted by Crippen LogP contribution is -2.27. The van der Waals surface area contributed by atoms with Crippen LogP contribution in [-0.2, 0) is 17.6 Å². The molecule has 0 saturated heterocycles. The van der Waals surface area contributed by atoms with Gasteiger partial charge in [0.15, 0.2) is 0 Å². The van der Waals surface area contributed by atoms with Gasteiger partial charge in [-0.1, -0.05) is 0 Å². The number of aryl methyl sites for hydroxylation is 2. The third kappa shape index (κ3) is 1.09. The van der Waals surface area contributed by atoms with Crippen molar-refractivity contribution in [3.8, 4) is 0 Å². The maximum Gasteiger partial charge on any atom is 0.243 e. The largest absolute Gasteiger partial charge is 0.374 e. The Morgan fingerprint density at radius 1 is 1.07 bits per heavy atom. The number of carbonyl (C=O) groups excluding carboxylic acids is 1. The van der Waals surface area contributed by atoms with Crippen molar-refractivity contribution < 1.29 is 4.79 Å². The first-order valence-electron chi connectivity index (χ1n) is 5.02. The van der Waals surface area contributed by atoms with E-state index in [2.05, 4.69) is 22.8 Å². The van der Waals surface area contributed by atoms with Gasteiger partial charge in [-0.2, -0.15) is 0 Å². The van der Waals surface area contributed by atoms with Crippen LogP contribution in [-0.4, -0.2) is 12.5 Å². The van der Waals surface area contributed by atoms with Gasteiger partial charge in [0, 0.05) is 0 Å². The molecule has 1 aromatic rings. The smallest absolute Gasteiger partial charge is 0.243 e. The lowest BCUT2D eigenvalue weighted by atomic mass is 10.1. The molecule has 1 aliphatic carbocycles. The molecular weight excluding hydrogens is 176 g/mol. The van der Waals surface area contributed by atoms with Gasteiger partial charge in [-0.05, 0) is 42.5 Å². The summed E-state index contributed by atoms with van der Waals surface area (Å²) >= 11 is 0. The van der Waals surface area contributed by atoms with Crippen LogP contribution in [0.4, 0.5) is 11.4 Å². The predicted octanol–water partition coefficient (Wildman–Crippen LogP) is 1.54. The average Bonchev–Trinajstić information content (AvgIpc) is 2.61. The van der Waals surface area contributed by atoms with Crippen LogP contribution in [0.25, 0.3) is 0 Å². The summed E-state index contributed by atoms with van der Waals surface area (Å²) in [5.74, 6) is 0.0513. The lowest BCUT2D eigenvalue weighted by molar-refractivity contribution is -0.114. The molecular formula is C11H12N2O. The molecule has 14 heavy (non-hydrogen) atoms. The van der Waals surface area contributed by atoms with Gasteiger partial charge in [-0.25, -0.2) is 0 Å². The first-order valence-corrected chi connectivity index (χ1v) is 5.02. The summed E-state index contributed by atoms with van der Waals surface area (Å²) in [6.45, 7) is 0.395. The summed E-state index contributed by atoms with van der Waals surface area (Å²) in [6.07, 6.45) is 3.57. The van der Waals surface area contributed by atoms with Gasteiger partial charge < -0.3 is 10.6 Å². The second-order valence-corrected chi connectivity index (χ2v) is 3.92. The molecule has 3 rings (SSSR count). The summed E-state index contributed by atoms with van der Waals surface area (Å²) in [5.41, 5.74) is 4.85. The summed E-state index contributed by atoms with van der Waals surface area (Å²) in [6, 6.07) is 4.29. The molecule has 1 amide bonds. The second-order valence-electron chi connectivity index (χ2n) is 3.92. The molecule has 1 heterocycles. The molecule has 0 unspecified atom stereocenters. The van der Waals surface area contributed by atoms with E-state index in [1.807, 2.05) is 0 Å². The van der Waals surface area contributed by atoms with E-state index < -0.39 is 0 Å². The third-order valence-corrected chi connectivity index (χ3v) is 2.95. The van der Waals surface area contributed by atoms with Gasteiger partial charge in [0.05, 0.1) is 17.9 Å². The molecule has 0 radical (unpaired) electrons. The van der Waals surface area contributed by atoms with Crippen LogP contribution < -0.4 is 10.6 Å². The van der Waals surface area contributed by atoms with Crippen molar-refractivity contribution >= 4 is 17.3 Å². The summed E-state index contributed by atoms with van der Waals surface area (Å²) in [5, 5.41) is 6.02. The number of rotatable bonds is 0. The van der Waals surface area contributed by atoms with Gasteiger partial charge in [0.25, 0.3) is 0 Å². The average molecular weight is 188 g/mol. The Morgan fingerprint density at radius 3 is 2.57 bits per heavy atom. The first kappa shape index (κ1) is 7.85. The summed E-state index contributed by atoms with van der Waals surface area (Å²) in [4.78, 5) is 11.2. The second kappa shape index (κ2) is 2.74. The minimum Gasteiger partial charge on any atom is -0.374 e. The SMILES string of the molecule is O=C1CNc2cc3c(cc2N1)CCC3. The van der Waals surface area contributed by atoms with Gasteiger partial charge in [-0.3, -0.25) is 4.79 Å². The fraction of sp³-hybridized carbons (Fsp3) is 0.364. The molecule has 3 nitrogen and oxygen atoms in total. The third-order valence-electron chi connectivity index (χ3n) is 2.95. The van der Waals surface area contributed by atoms with Crippen molar-refractivity contribution in [1.29, 1.82) is 0 Å². The standard InChI is InChI=1S/C11H12N2O/c14-11-6-12-9-4-7-2-1-3-8(7)5-10(9)13-11/h4-5,12H,1-3,6H2,(H,13,14). The predicted molar refractivity (Wildman–Crippen MR) is 55.6 cm³/mol. The highest BCUT2D eigenvalue weighted by atomic mass is 16.2. The van der Waals surface area contributed by atoms with E-state index in [1.54, 1.807) is 0 Å². The molecule has 0 bridgehead atoms. The van der Waals surface area contributed by atoms with Crippen molar-refractivity contribution in [2.75, 3.05) is 17.2 Å². The Morgan fingerprint density at radius 2 is 1.79 bits per heavy atom. The number of anilines is 2. The van der Waals surface area contributed by atoms with Crippen LogP contribution in [0.15, 0.2) is 12.1 Å². The first-order chi connectivity index (χ1) is 6.83. The van der Waals surface area contributed by atoms with Crippen molar-refractivity contribution in [3.63, 3.8) is 0 Å². The molecule has 0 atom stereocenters. The Labute approximate surface area is 82.5 Å². The van der Waals surface area contributed by atoms with E-state index in [4.69, 9.17) is 0 Å². The highest BCUT2D eigenvalue weighted by Gasteiger charge is 2.18. The van der Waals surface area contributed by atoms with Crippen LogP contribution in [0.3, 0.4) is 0 Å². The van der Waals surface area contributed by atoms with E-state index in [0.29, 0.717) is 6.54 Å². The Kier molecular flexibility index (Phi) is 1.54. The molecule has 1 aliphatic heterocycles. The van der Waals surface area contributed by atoms with E-state index in [-0.39, 0.29) is 5.91 Å². The number of hydrogen-bond donors (Lipinski definition) is 2. The van der Waals surface area contributed by atoms with Gasteiger partial charge in [-0.15, -0.1) is 0 Å². The monoisotopic (exact) mass is 188 g/mol. The molecule has 0 fully saturated rings. The van der Waals surface area contributed by atoms with Crippen LogP contribution >= 0.6 is 0 Å². The fourth-order valence-electron chi connectivity index (χ4n) is 2.24. The molecule has 0 saturated carbocycles. The normalized spacial score (nSPS) is 18.1. The molecule has 1 aromatic carbocycles. The van der Waals surface area contributed by atoms with E-state index in [9.17, 15) is 4.79 Å². The number of fused-ring (bicyclic) bond motifs is 2. The maximum atomic E-state index is 11.2. The fourth-order valence-corrected chi connectivity index (χ4v) is 2.24. The van der Waals surface area contributed by atoms with Crippen LogP contribution in [0.1, 0.15) is 17.5 Å². The number of nitrogens with one attached hydrogen (secondary N) is 2. The molecule has 2 N–H and O–H groups in total. The molecule has 0 aromatic heterocycles. The van der Waals surface area contributed by atoms with Crippen molar-refractivity contribution in [1.82, 2.24) is 0 Å². The quantitative estimate of drug-likeness (QED) is 0.648. The van der Waals surface area contributed by atoms with Crippen molar-refractivity contribution in [3.05, 3.63) is 23.3 Å². The Bertz CT molecular complexity index is 412. The number of carbonyl (C=O) groups is 1. The van der Waals surface area contributed by atoms with Crippen LogP contribution in [0.2, 0.25) is 0 Å². The number of hydrogen-bond acceptors (Lipinski definition) is 2. The Hall–Kier alpha value is -1.51. The minimum absolute atomic E-state index is 0.0513. The maximum absolute atomic E-state index is 11.2. The zero-order valence-electron chi connectivity index (χ0n) is 7.89. The lowest BCUT2D eigenvalue weighted by Gasteiger charge is -2.19.